The number of amides is 1. The van der Waals surface area contributed by atoms with Gasteiger partial charge in [0.05, 0.1) is 6.04 Å². The first-order valence-electron chi connectivity index (χ1n) is 6.33. The van der Waals surface area contributed by atoms with Crippen molar-refractivity contribution in [2.75, 3.05) is 0 Å². The van der Waals surface area contributed by atoms with Crippen LogP contribution < -0.4 is 5.32 Å². The number of carbonyl (C=O) groups excluding carboxylic acids is 2. The SMILES string of the molecule is CC(C)(C)C[C@H](C=O)NC(=O)OCc1ccccc1. The Labute approximate surface area is 114 Å². The molecule has 0 radical (unpaired) electrons. The minimum absolute atomic E-state index is 0.0295. The maximum Gasteiger partial charge on any atom is 0.408 e. The zero-order valence-corrected chi connectivity index (χ0v) is 11.7. The predicted molar refractivity (Wildman–Crippen MR) is 73.7 cm³/mol. The van der Waals surface area contributed by atoms with Crippen molar-refractivity contribution in [1.29, 1.82) is 0 Å². The van der Waals surface area contributed by atoms with Gasteiger partial charge in [-0.25, -0.2) is 4.79 Å². The van der Waals surface area contributed by atoms with Gasteiger partial charge in [0.25, 0.3) is 0 Å². The summed E-state index contributed by atoms with van der Waals surface area (Å²) >= 11 is 0. The molecule has 1 N–H and O–H groups in total. The number of benzene rings is 1. The maximum absolute atomic E-state index is 11.6. The molecule has 4 heteroatoms. The Bertz CT molecular complexity index is 409. The highest BCUT2D eigenvalue weighted by atomic mass is 16.5. The molecule has 0 spiro atoms. The van der Waals surface area contributed by atoms with Crippen molar-refractivity contribution in [2.24, 2.45) is 5.41 Å². The van der Waals surface area contributed by atoms with Crippen LogP contribution in [-0.2, 0) is 16.1 Å². The van der Waals surface area contributed by atoms with E-state index in [2.05, 4.69) is 5.32 Å². The van der Waals surface area contributed by atoms with E-state index in [0.29, 0.717) is 6.42 Å². The third-order valence-electron chi connectivity index (χ3n) is 2.51. The van der Waals surface area contributed by atoms with E-state index >= 15 is 0 Å². The van der Waals surface area contributed by atoms with Crippen molar-refractivity contribution in [3.8, 4) is 0 Å². The number of carbonyl (C=O) groups is 2. The van der Waals surface area contributed by atoms with Gasteiger partial charge in [-0.15, -0.1) is 0 Å². The van der Waals surface area contributed by atoms with Crippen LogP contribution in [0.15, 0.2) is 30.3 Å². The van der Waals surface area contributed by atoms with E-state index in [1.54, 1.807) is 0 Å². The molecule has 0 unspecified atom stereocenters. The molecule has 104 valence electrons. The lowest BCUT2D eigenvalue weighted by atomic mass is 9.88. The first kappa shape index (κ1) is 15.2. The second kappa shape index (κ2) is 6.92. The molecule has 0 aromatic heterocycles. The Morgan fingerprint density at radius 3 is 2.47 bits per heavy atom. The van der Waals surface area contributed by atoms with Gasteiger partial charge in [-0.3, -0.25) is 0 Å². The molecule has 1 aromatic carbocycles. The van der Waals surface area contributed by atoms with E-state index in [-0.39, 0.29) is 12.0 Å². The molecule has 0 saturated carbocycles. The van der Waals surface area contributed by atoms with Crippen molar-refractivity contribution < 1.29 is 14.3 Å². The predicted octanol–water partition coefficient (Wildman–Crippen LogP) is 2.92. The Kier molecular flexibility index (Phi) is 5.55. The second-order valence-electron chi connectivity index (χ2n) is 5.71. The Morgan fingerprint density at radius 2 is 1.95 bits per heavy atom. The number of nitrogens with one attached hydrogen (secondary N) is 1. The molecule has 0 heterocycles. The summed E-state index contributed by atoms with van der Waals surface area (Å²) in [4.78, 5) is 22.5. The third kappa shape index (κ3) is 6.60. The van der Waals surface area contributed by atoms with Crippen molar-refractivity contribution in [3.63, 3.8) is 0 Å². The van der Waals surface area contributed by atoms with E-state index in [4.69, 9.17) is 4.74 Å². The molecule has 0 aliphatic rings. The van der Waals surface area contributed by atoms with E-state index in [1.165, 1.54) is 0 Å². The molecule has 0 saturated heterocycles. The molecule has 0 bridgehead atoms. The largest absolute Gasteiger partial charge is 0.445 e. The lowest BCUT2D eigenvalue weighted by Gasteiger charge is -2.22. The molecular weight excluding hydrogens is 242 g/mol. The highest BCUT2D eigenvalue weighted by Gasteiger charge is 2.20. The first-order valence-corrected chi connectivity index (χ1v) is 6.33. The third-order valence-corrected chi connectivity index (χ3v) is 2.51. The van der Waals surface area contributed by atoms with Crippen molar-refractivity contribution in [3.05, 3.63) is 35.9 Å². The minimum atomic E-state index is -0.565. The number of aldehydes is 1. The number of hydrogen-bond acceptors (Lipinski definition) is 3. The summed E-state index contributed by atoms with van der Waals surface area (Å²) in [5.41, 5.74) is 0.884. The molecule has 0 aliphatic heterocycles. The molecule has 1 rings (SSSR count). The maximum atomic E-state index is 11.6. The normalized spacial score (nSPS) is 12.6. The molecule has 1 amide bonds. The number of alkyl carbamates (subject to hydrolysis) is 1. The topological polar surface area (TPSA) is 55.4 Å². The average Bonchev–Trinajstić information content (AvgIpc) is 2.35. The van der Waals surface area contributed by atoms with Crippen LogP contribution in [0.4, 0.5) is 4.79 Å². The summed E-state index contributed by atoms with van der Waals surface area (Å²) in [5.74, 6) is 0. The van der Waals surface area contributed by atoms with Crippen LogP contribution in [-0.4, -0.2) is 18.4 Å². The lowest BCUT2D eigenvalue weighted by molar-refractivity contribution is -0.110. The van der Waals surface area contributed by atoms with E-state index in [9.17, 15) is 9.59 Å². The van der Waals surface area contributed by atoms with Gasteiger partial charge in [0.1, 0.15) is 12.9 Å². The Hall–Kier alpha value is -1.84. The van der Waals surface area contributed by atoms with Crippen LogP contribution in [0.3, 0.4) is 0 Å². The first-order chi connectivity index (χ1) is 8.90. The highest BCUT2D eigenvalue weighted by Crippen LogP contribution is 2.20. The molecule has 19 heavy (non-hydrogen) atoms. The summed E-state index contributed by atoms with van der Waals surface area (Å²) in [5, 5.41) is 2.56. The van der Waals surface area contributed by atoms with Crippen LogP contribution in [0.2, 0.25) is 0 Å². The van der Waals surface area contributed by atoms with Gasteiger partial charge in [-0.1, -0.05) is 51.1 Å². The van der Waals surface area contributed by atoms with Crippen LogP contribution in [0.1, 0.15) is 32.8 Å². The van der Waals surface area contributed by atoms with E-state index in [0.717, 1.165) is 11.8 Å². The van der Waals surface area contributed by atoms with Crippen molar-refractivity contribution in [1.82, 2.24) is 5.32 Å². The fraction of sp³-hybridized carbons (Fsp3) is 0.467. The quantitative estimate of drug-likeness (QED) is 0.831. The summed E-state index contributed by atoms with van der Waals surface area (Å²) in [6.45, 7) is 6.25. The molecule has 0 aliphatic carbocycles. The van der Waals surface area contributed by atoms with Gasteiger partial charge in [-0.05, 0) is 17.4 Å². The van der Waals surface area contributed by atoms with Gasteiger partial charge in [-0.2, -0.15) is 0 Å². The molecular formula is C15H21NO3. The van der Waals surface area contributed by atoms with E-state index < -0.39 is 12.1 Å². The number of hydrogen-bond donors (Lipinski definition) is 1. The van der Waals surface area contributed by atoms with Crippen LogP contribution >= 0.6 is 0 Å². The van der Waals surface area contributed by atoms with Gasteiger partial charge >= 0.3 is 6.09 Å². The number of ether oxygens (including phenoxy) is 1. The van der Waals surface area contributed by atoms with Gasteiger partial charge in [0.2, 0.25) is 0 Å². The average molecular weight is 263 g/mol. The van der Waals surface area contributed by atoms with Gasteiger partial charge in [0.15, 0.2) is 0 Å². The molecule has 0 fully saturated rings. The van der Waals surface area contributed by atoms with Gasteiger partial charge < -0.3 is 14.8 Å². The summed E-state index contributed by atoms with van der Waals surface area (Å²) in [7, 11) is 0. The zero-order valence-electron chi connectivity index (χ0n) is 11.7. The van der Waals surface area contributed by atoms with Gasteiger partial charge in [0, 0.05) is 0 Å². The minimum Gasteiger partial charge on any atom is -0.445 e. The summed E-state index contributed by atoms with van der Waals surface area (Å²) < 4.78 is 5.07. The highest BCUT2D eigenvalue weighted by molar-refractivity contribution is 5.73. The molecule has 4 nitrogen and oxygen atoms in total. The fourth-order valence-corrected chi connectivity index (χ4v) is 1.71. The van der Waals surface area contributed by atoms with Crippen molar-refractivity contribution in [2.45, 2.75) is 39.8 Å². The Morgan fingerprint density at radius 1 is 1.32 bits per heavy atom. The smallest absolute Gasteiger partial charge is 0.408 e. The lowest BCUT2D eigenvalue weighted by Crippen LogP contribution is -2.38. The number of rotatable bonds is 5. The van der Waals surface area contributed by atoms with Crippen molar-refractivity contribution >= 4 is 12.4 Å². The monoisotopic (exact) mass is 263 g/mol. The van der Waals surface area contributed by atoms with Crippen LogP contribution in [0.25, 0.3) is 0 Å². The molecule has 1 atom stereocenters. The second-order valence-corrected chi connectivity index (χ2v) is 5.71. The Balaban J connectivity index is 2.39. The fourth-order valence-electron chi connectivity index (χ4n) is 1.71. The standard InChI is InChI=1S/C15H21NO3/c1-15(2,3)9-13(10-17)16-14(18)19-11-12-7-5-4-6-8-12/h4-8,10,13H,9,11H2,1-3H3,(H,16,18)/t13-/m1/s1. The summed E-state index contributed by atoms with van der Waals surface area (Å²) in [6.07, 6.45) is 0.761. The zero-order chi connectivity index (χ0) is 14.3. The van der Waals surface area contributed by atoms with Crippen LogP contribution in [0, 0.1) is 5.41 Å². The summed E-state index contributed by atoms with van der Waals surface area (Å²) in [6, 6.07) is 8.90. The van der Waals surface area contributed by atoms with Crippen LogP contribution in [0.5, 0.6) is 0 Å². The van der Waals surface area contributed by atoms with E-state index in [1.807, 2.05) is 51.1 Å². The molecule has 1 aromatic rings.